The summed E-state index contributed by atoms with van der Waals surface area (Å²) in [5.41, 5.74) is 3.82. The number of hydrogen-bond acceptors (Lipinski definition) is 2. The van der Waals surface area contributed by atoms with E-state index in [4.69, 9.17) is 4.74 Å². The van der Waals surface area contributed by atoms with Gasteiger partial charge in [0.2, 0.25) is 0 Å². The fourth-order valence-corrected chi connectivity index (χ4v) is 2.57. The Hall–Kier alpha value is -0.570. The molecule has 0 spiro atoms. The summed E-state index contributed by atoms with van der Waals surface area (Å²) in [6.07, 6.45) is 13.8. The number of carbonyl (C=O) groups excluding carboxylic acids is 1. The molecule has 0 fully saturated rings. The van der Waals surface area contributed by atoms with E-state index in [0.717, 1.165) is 25.8 Å². The number of ether oxygens (including phenoxy) is 1. The Balaban J connectivity index is 3.78. The molecule has 0 aliphatic carbocycles. The second kappa shape index (κ2) is 15.8. The molecule has 0 aromatic rings. The van der Waals surface area contributed by atoms with Crippen molar-refractivity contribution in [3.8, 4) is 0 Å². The molecule has 0 aromatic heterocycles. The molecule has 0 aromatic carbocycles. The molecule has 0 aliphatic rings. The van der Waals surface area contributed by atoms with Gasteiger partial charge in [0.1, 0.15) is 0 Å². The van der Waals surface area contributed by atoms with Crippen LogP contribution in [0.5, 0.6) is 0 Å². The lowest BCUT2D eigenvalue weighted by molar-refractivity contribution is -0.368. The van der Waals surface area contributed by atoms with Crippen LogP contribution >= 0.6 is 0 Å². The summed E-state index contributed by atoms with van der Waals surface area (Å²) in [5, 5.41) is 0. The number of quaternary nitrogens is 1. The fourth-order valence-electron chi connectivity index (χ4n) is 2.57. The average molecular weight is 301 g/mol. The molecule has 0 bridgehead atoms. The molecule has 0 saturated heterocycles. The second-order valence-corrected chi connectivity index (χ2v) is 6.20. The van der Waals surface area contributed by atoms with Gasteiger partial charge in [-0.3, -0.25) is 4.79 Å². The van der Waals surface area contributed by atoms with E-state index in [1.165, 1.54) is 51.4 Å². The van der Waals surface area contributed by atoms with Crippen LogP contribution in [0.3, 0.4) is 0 Å². The second-order valence-electron chi connectivity index (χ2n) is 6.20. The molecule has 21 heavy (non-hydrogen) atoms. The van der Waals surface area contributed by atoms with Gasteiger partial charge in [0.25, 0.3) is 0 Å². The third kappa shape index (κ3) is 14.1. The first-order valence-electron chi connectivity index (χ1n) is 9.19. The molecule has 0 aliphatic heterocycles. The third-order valence-corrected chi connectivity index (χ3v) is 4.04. The van der Waals surface area contributed by atoms with Crippen molar-refractivity contribution in [1.82, 2.24) is 0 Å². The SMILES string of the molecule is CCCCCCC(CCCC)COC(=O)CCCCC[NH3+]. The Morgan fingerprint density at radius 1 is 0.905 bits per heavy atom. The largest absolute Gasteiger partial charge is 0.465 e. The van der Waals surface area contributed by atoms with Crippen molar-refractivity contribution in [2.24, 2.45) is 5.92 Å². The molecule has 0 radical (unpaired) electrons. The summed E-state index contributed by atoms with van der Waals surface area (Å²) in [4.78, 5) is 11.7. The lowest BCUT2D eigenvalue weighted by Gasteiger charge is -2.16. The highest BCUT2D eigenvalue weighted by atomic mass is 16.5. The molecule has 3 nitrogen and oxygen atoms in total. The van der Waals surface area contributed by atoms with Crippen LogP contribution in [0, 0.1) is 5.92 Å². The summed E-state index contributed by atoms with van der Waals surface area (Å²) < 4.78 is 5.48. The van der Waals surface area contributed by atoms with Gasteiger partial charge in [0.05, 0.1) is 13.2 Å². The van der Waals surface area contributed by atoms with Crippen molar-refractivity contribution < 1.29 is 15.3 Å². The van der Waals surface area contributed by atoms with Gasteiger partial charge in [-0.2, -0.15) is 0 Å². The van der Waals surface area contributed by atoms with Gasteiger partial charge in [0, 0.05) is 6.42 Å². The Morgan fingerprint density at radius 2 is 1.57 bits per heavy atom. The van der Waals surface area contributed by atoms with Gasteiger partial charge in [0.15, 0.2) is 0 Å². The van der Waals surface area contributed by atoms with E-state index < -0.39 is 0 Å². The van der Waals surface area contributed by atoms with Gasteiger partial charge < -0.3 is 10.5 Å². The first-order valence-corrected chi connectivity index (χ1v) is 9.19. The summed E-state index contributed by atoms with van der Waals surface area (Å²) in [6, 6.07) is 0. The van der Waals surface area contributed by atoms with E-state index in [1.54, 1.807) is 0 Å². The van der Waals surface area contributed by atoms with Crippen LogP contribution in [0.25, 0.3) is 0 Å². The molecule has 3 N–H and O–H groups in total. The molecular weight excluding hydrogens is 262 g/mol. The van der Waals surface area contributed by atoms with Crippen LogP contribution in [0.1, 0.15) is 90.9 Å². The molecule has 0 amide bonds. The Bertz CT molecular complexity index is 231. The maximum absolute atomic E-state index is 11.7. The number of unbranched alkanes of at least 4 members (excludes halogenated alkanes) is 6. The zero-order chi connectivity index (χ0) is 15.8. The van der Waals surface area contributed by atoms with E-state index in [0.29, 0.717) is 18.9 Å². The monoisotopic (exact) mass is 300 g/mol. The Labute approximate surface area is 132 Å². The van der Waals surface area contributed by atoms with E-state index in [-0.39, 0.29) is 5.97 Å². The lowest BCUT2D eigenvalue weighted by atomic mass is 9.96. The van der Waals surface area contributed by atoms with Gasteiger partial charge in [-0.05, 0) is 38.0 Å². The van der Waals surface area contributed by atoms with Crippen LogP contribution < -0.4 is 5.73 Å². The number of rotatable bonds is 15. The van der Waals surface area contributed by atoms with Crippen LogP contribution in [-0.4, -0.2) is 19.1 Å². The smallest absolute Gasteiger partial charge is 0.305 e. The zero-order valence-electron chi connectivity index (χ0n) is 14.5. The standard InChI is InChI=1S/C18H37NO2/c1-3-5-7-9-13-17(12-6-4-2)16-21-18(20)14-10-8-11-15-19/h17H,3-16,19H2,1-2H3/p+1. The number of carbonyl (C=O) groups is 1. The average Bonchev–Trinajstić information content (AvgIpc) is 2.50. The molecule has 0 saturated carbocycles. The summed E-state index contributed by atoms with van der Waals surface area (Å²) in [5.74, 6) is 0.569. The molecule has 126 valence electrons. The lowest BCUT2D eigenvalue weighted by Crippen LogP contribution is -2.50. The van der Waals surface area contributed by atoms with Crippen LogP contribution in [0.2, 0.25) is 0 Å². The molecule has 0 heterocycles. The van der Waals surface area contributed by atoms with Crippen molar-refractivity contribution in [2.45, 2.75) is 90.9 Å². The van der Waals surface area contributed by atoms with Gasteiger partial charge in [-0.1, -0.05) is 52.4 Å². The Kier molecular flexibility index (Phi) is 15.4. The maximum Gasteiger partial charge on any atom is 0.305 e. The first kappa shape index (κ1) is 20.4. The number of esters is 1. The molecular formula is C18H38NO2+. The summed E-state index contributed by atoms with van der Waals surface area (Å²) in [7, 11) is 0. The van der Waals surface area contributed by atoms with Crippen molar-refractivity contribution >= 4 is 5.97 Å². The third-order valence-electron chi connectivity index (χ3n) is 4.04. The maximum atomic E-state index is 11.7. The highest BCUT2D eigenvalue weighted by molar-refractivity contribution is 5.69. The first-order chi connectivity index (χ1) is 10.2. The minimum Gasteiger partial charge on any atom is -0.465 e. The molecule has 3 heteroatoms. The van der Waals surface area contributed by atoms with E-state index >= 15 is 0 Å². The van der Waals surface area contributed by atoms with Crippen molar-refractivity contribution in [3.63, 3.8) is 0 Å². The van der Waals surface area contributed by atoms with Gasteiger partial charge in [-0.15, -0.1) is 0 Å². The normalized spacial score (nSPS) is 12.3. The molecule has 0 rings (SSSR count). The van der Waals surface area contributed by atoms with Crippen LogP contribution in [0.4, 0.5) is 0 Å². The topological polar surface area (TPSA) is 53.9 Å². The predicted octanol–water partition coefficient (Wildman–Crippen LogP) is 4.11. The predicted molar refractivity (Wildman–Crippen MR) is 89.0 cm³/mol. The highest BCUT2D eigenvalue weighted by Gasteiger charge is 2.11. The van der Waals surface area contributed by atoms with E-state index in [9.17, 15) is 4.79 Å². The van der Waals surface area contributed by atoms with Crippen molar-refractivity contribution in [3.05, 3.63) is 0 Å². The van der Waals surface area contributed by atoms with Crippen LogP contribution in [-0.2, 0) is 9.53 Å². The quantitative estimate of drug-likeness (QED) is 0.365. The fraction of sp³-hybridized carbons (Fsp3) is 0.944. The highest BCUT2D eigenvalue weighted by Crippen LogP contribution is 2.18. The number of hydrogen-bond donors (Lipinski definition) is 1. The summed E-state index contributed by atoms with van der Waals surface area (Å²) >= 11 is 0. The van der Waals surface area contributed by atoms with Crippen LogP contribution in [0.15, 0.2) is 0 Å². The molecule has 1 unspecified atom stereocenters. The zero-order valence-corrected chi connectivity index (χ0v) is 14.5. The summed E-state index contributed by atoms with van der Waals surface area (Å²) in [6.45, 7) is 6.07. The van der Waals surface area contributed by atoms with Gasteiger partial charge in [-0.25, -0.2) is 0 Å². The van der Waals surface area contributed by atoms with E-state index in [2.05, 4.69) is 19.6 Å². The minimum absolute atomic E-state index is 0.00545. The minimum atomic E-state index is -0.00545. The van der Waals surface area contributed by atoms with Crippen molar-refractivity contribution in [1.29, 1.82) is 0 Å². The van der Waals surface area contributed by atoms with E-state index in [1.807, 2.05) is 0 Å². The van der Waals surface area contributed by atoms with Gasteiger partial charge >= 0.3 is 5.97 Å². The Morgan fingerprint density at radius 3 is 2.24 bits per heavy atom. The van der Waals surface area contributed by atoms with Crippen molar-refractivity contribution in [2.75, 3.05) is 13.2 Å². The molecule has 1 atom stereocenters.